The molecule has 0 bridgehead atoms. The summed E-state index contributed by atoms with van der Waals surface area (Å²) in [6.45, 7) is 11.1. The second-order valence-corrected chi connectivity index (χ2v) is 7.60. The Morgan fingerprint density at radius 3 is 2.63 bits per heavy atom. The lowest BCUT2D eigenvalue weighted by molar-refractivity contribution is 0.238. The summed E-state index contributed by atoms with van der Waals surface area (Å²) < 4.78 is 2.19. The van der Waals surface area contributed by atoms with Gasteiger partial charge in [-0.1, -0.05) is 30.3 Å². The number of halogens is 1. The Morgan fingerprint density at radius 2 is 1.97 bits per heavy atom. The maximum Gasteiger partial charge on any atom is 0.191 e. The highest BCUT2D eigenvalue weighted by Gasteiger charge is 2.09. The molecule has 2 rings (SSSR count). The van der Waals surface area contributed by atoms with Gasteiger partial charge in [-0.05, 0) is 52.6 Å². The van der Waals surface area contributed by atoms with Crippen LogP contribution in [0.25, 0.3) is 0 Å². The third-order valence-electron chi connectivity index (χ3n) is 5.23. The fraction of sp³-hybridized carbons (Fsp3) is 0.565. The lowest BCUT2D eigenvalue weighted by atomic mass is 10.1. The van der Waals surface area contributed by atoms with E-state index in [1.54, 1.807) is 0 Å². The Morgan fingerprint density at radius 1 is 1.20 bits per heavy atom. The molecule has 1 aromatic heterocycles. The van der Waals surface area contributed by atoms with Gasteiger partial charge >= 0.3 is 0 Å². The first-order valence-electron chi connectivity index (χ1n) is 10.8. The number of rotatable bonds is 12. The van der Waals surface area contributed by atoms with Crippen LogP contribution in [-0.2, 0) is 13.1 Å². The Bertz CT molecular complexity index is 715. The monoisotopic (exact) mass is 526 g/mol. The topological polar surface area (TPSA) is 57.5 Å². The van der Waals surface area contributed by atoms with E-state index >= 15 is 0 Å². The van der Waals surface area contributed by atoms with E-state index in [0.717, 1.165) is 63.8 Å². The highest BCUT2D eigenvalue weighted by Crippen LogP contribution is 2.08. The largest absolute Gasteiger partial charge is 0.357 e. The standard InChI is InChI=1S/C23H38N6.HI/c1-5-24-23(26-14-9-10-17-29-18-16-25-21(29)3)27-15-13-20(2)28(4)19-22-11-7-6-8-12-22;/h6-8,11-12,16,18,20H,5,9-10,13-15,17,19H2,1-4H3,(H2,24,26,27);1H. The summed E-state index contributed by atoms with van der Waals surface area (Å²) >= 11 is 0. The molecule has 1 unspecified atom stereocenters. The predicted octanol–water partition coefficient (Wildman–Crippen LogP) is 4.06. The molecule has 0 saturated heterocycles. The molecule has 7 heteroatoms. The molecule has 30 heavy (non-hydrogen) atoms. The van der Waals surface area contributed by atoms with E-state index in [0.29, 0.717) is 6.04 Å². The molecule has 0 aliphatic heterocycles. The van der Waals surface area contributed by atoms with Crippen LogP contribution in [-0.4, -0.2) is 53.1 Å². The lowest BCUT2D eigenvalue weighted by Crippen LogP contribution is -2.40. The van der Waals surface area contributed by atoms with Crippen LogP contribution in [0.1, 0.15) is 44.5 Å². The number of hydrogen-bond acceptors (Lipinski definition) is 3. The van der Waals surface area contributed by atoms with Gasteiger partial charge in [-0.3, -0.25) is 9.89 Å². The van der Waals surface area contributed by atoms with Gasteiger partial charge in [0.25, 0.3) is 0 Å². The molecule has 6 nitrogen and oxygen atoms in total. The molecule has 0 spiro atoms. The maximum atomic E-state index is 4.72. The quantitative estimate of drug-likeness (QED) is 0.190. The van der Waals surface area contributed by atoms with Crippen LogP contribution in [0.5, 0.6) is 0 Å². The van der Waals surface area contributed by atoms with E-state index in [1.165, 1.54) is 5.56 Å². The Kier molecular flexibility index (Phi) is 13.4. The van der Waals surface area contributed by atoms with Gasteiger partial charge in [0.05, 0.1) is 0 Å². The van der Waals surface area contributed by atoms with Gasteiger partial charge in [-0.15, -0.1) is 24.0 Å². The second kappa shape index (κ2) is 15.2. The normalized spacial score (nSPS) is 12.5. The summed E-state index contributed by atoms with van der Waals surface area (Å²) in [6.07, 6.45) is 7.17. The summed E-state index contributed by atoms with van der Waals surface area (Å²) in [5.41, 5.74) is 1.36. The molecule has 0 fully saturated rings. The van der Waals surface area contributed by atoms with Crippen molar-refractivity contribution in [1.29, 1.82) is 0 Å². The fourth-order valence-electron chi connectivity index (χ4n) is 3.21. The number of hydrogen-bond donors (Lipinski definition) is 2. The Balaban J connectivity index is 0.00000450. The second-order valence-electron chi connectivity index (χ2n) is 7.60. The summed E-state index contributed by atoms with van der Waals surface area (Å²) in [4.78, 5) is 11.4. The van der Waals surface area contributed by atoms with Crippen molar-refractivity contribution in [2.24, 2.45) is 4.99 Å². The van der Waals surface area contributed by atoms with Crippen molar-refractivity contribution in [1.82, 2.24) is 25.1 Å². The third-order valence-corrected chi connectivity index (χ3v) is 5.23. The zero-order valence-electron chi connectivity index (χ0n) is 19.0. The molecule has 0 aliphatic carbocycles. The van der Waals surface area contributed by atoms with Crippen LogP contribution in [0.4, 0.5) is 0 Å². The van der Waals surface area contributed by atoms with E-state index in [9.17, 15) is 0 Å². The zero-order valence-corrected chi connectivity index (χ0v) is 21.3. The van der Waals surface area contributed by atoms with Crippen molar-refractivity contribution in [3.8, 4) is 0 Å². The zero-order chi connectivity index (χ0) is 20.9. The van der Waals surface area contributed by atoms with Crippen LogP contribution >= 0.6 is 24.0 Å². The van der Waals surface area contributed by atoms with Crippen LogP contribution in [0.15, 0.2) is 47.7 Å². The number of unbranched alkanes of at least 4 members (excludes halogenated alkanes) is 1. The molecule has 2 N–H and O–H groups in total. The van der Waals surface area contributed by atoms with E-state index in [-0.39, 0.29) is 24.0 Å². The lowest BCUT2D eigenvalue weighted by Gasteiger charge is -2.25. The van der Waals surface area contributed by atoms with Crippen LogP contribution in [0, 0.1) is 6.92 Å². The molecule has 0 aliphatic rings. The summed E-state index contributed by atoms with van der Waals surface area (Å²) in [5.74, 6) is 2.00. The number of benzene rings is 1. The van der Waals surface area contributed by atoms with Crippen LogP contribution in [0.2, 0.25) is 0 Å². The molecule has 0 saturated carbocycles. The van der Waals surface area contributed by atoms with Crippen molar-refractivity contribution < 1.29 is 0 Å². The number of nitrogens with one attached hydrogen (secondary N) is 2. The first-order chi connectivity index (χ1) is 14.1. The smallest absolute Gasteiger partial charge is 0.191 e. The number of nitrogens with zero attached hydrogens (tertiary/aromatic N) is 4. The number of aryl methyl sites for hydroxylation is 2. The first kappa shape index (κ1) is 26.4. The van der Waals surface area contributed by atoms with Crippen molar-refractivity contribution in [2.45, 2.75) is 59.2 Å². The van der Waals surface area contributed by atoms with Gasteiger partial charge in [0, 0.05) is 51.2 Å². The van der Waals surface area contributed by atoms with Gasteiger partial charge in [0.1, 0.15) is 5.82 Å². The van der Waals surface area contributed by atoms with Gasteiger partial charge in [-0.25, -0.2) is 4.98 Å². The number of aliphatic imine (C=N–C) groups is 1. The maximum absolute atomic E-state index is 4.72. The number of guanidine groups is 1. The minimum atomic E-state index is 0. The van der Waals surface area contributed by atoms with Crippen molar-refractivity contribution in [3.05, 3.63) is 54.1 Å². The fourth-order valence-corrected chi connectivity index (χ4v) is 3.21. The molecular weight excluding hydrogens is 487 g/mol. The highest BCUT2D eigenvalue weighted by molar-refractivity contribution is 14.0. The number of aromatic nitrogens is 2. The summed E-state index contributed by atoms with van der Waals surface area (Å²) in [6, 6.07) is 11.1. The third kappa shape index (κ3) is 9.93. The molecule has 1 heterocycles. The molecule has 2 aromatic rings. The average Bonchev–Trinajstić information content (AvgIpc) is 3.13. The van der Waals surface area contributed by atoms with Crippen LogP contribution in [0.3, 0.4) is 0 Å². The van der Waals surface area contributed by atoms with E-state index < -0.39 is 0 Å². The molecule has 1 aromatic carbocycles. The average molecular weight is 527 g/mol. The SMILES string of the molecule is CCNC(=NCCCCn1ccnc1C)NCCC(C)N(C)Cc1ccccc1.I. The highest BCUT2D eigenvalue weighted by atomic mass is 127. The predicted molar refractivity (Wildman–Crippen MR) is 138 cm³/mol. The van der Waals surface area contributed by atoms with Gasteiger partial charge in [-0.2, -0.15) is 0 Å². The van der Waals surface area contributed by atoms with Crippen molar-refractivity contribution in [3.63, 3.8) is 0 Å². The first-order valence-corrected chi connectivity index (χ1v) is 10.8. The van der Waals surface area contributed by atoms with E-state index in [1.807, 2.05) is 19.3 Å². The van der Waals surface area contributed by atoms with Crippen molar-refractivity contribution in [2.75, 3.05) is 26.7 Å². The van der Waals surface area contributed by atoms with Gasteiger partial charge < -0.3 is 15.2 Å². The summed E-state index contributed by atoms with van der Waals surface area (Å²) in [5, 5.41) is 6.83. The van der Waals surface area contributed by atoms with Gasteiger partial charge in [0.15, 0.2) is 5.96 Å². The molecular formula is C23H39IN6. The van der Waals surface area contributed by atoms with Gasteiger partial charge in [0.2, 0.25) is 0 Å². The molecule has 168 valence electrons. The Labute approximate surface area is 199 Å². The number of imidazole rings is 1. The summed E-state index contributed by atoms with van der Waals surface area (Å²) in [7, 11) is 2.19. The molecule has 1 atom stereocenters. The minimum Gasteiger partial charge on any atom is -0.357 e. The van der Waals surface area contributed by atoms with E-state index in [4.69, 9.17) is 4.99 Å². The molecule has 0 radical (unpaired) electrons. The van der Waals surface area contributed by atoms with Crippen LogP contribution < -0.4 is 10.6 Å². The minimum absolute atomic E-state index is 0. The molecule has 0 amide bonds. The van der Waals surface area contributed by atoms with E-state index in [2.05, 4.69) is 76.3 Å². The van der Waals surface area contributed by atoms with Crippen molar-refractivity contribution >= 4 is 29.9 Å². The Hall–Kier alpha value is -1.61.